The standard InChI is InChI=1S/C13H19FN2O2S/c1-10-5-4-6-11(16-10)9-15-19(17,18)13-8-3-2-7-12(13)14/h2-3,7-8,10-11,15-16H,4-6,9H2,1H3. The largest absolute Gasteiger partial charge is 0.310 e. The molecule has 1 aliphatic heterocycles. The maximum Gasteiger partial charge on any atom is 0.243 e. The molecule has 6 heteroatoms. The van der Waals surface area contributed by atoms with E-state index >= 15 is 0 Å². The highest BCUT2D eigenvalue weighted by Crippen LogP contribution is 2.15. The predicted molar refractivity (Wildman–Crippen MR) is 71.8 cm³/mol. The average molecular weight is 286 g/mol. The quantitative estimate of drug-likeness (QED) is 0.884. The molecule has 106 valence electrons. The van der Waals surface area contributed by atoms with Crippen molar-refractivity contribution in [2.45, 2.75) is 43.2 Å². The number of rotatable bonds is 4. The summed E-state index contributed by atoms with van der Waals surface area (Å²) in [5.41, 5.74) is 0. The van der Waals surface area contributed by atoms with Crippen molar-refractivity contribution in [2.75, 3.05) is 6.54 Å². The van der Waals surface area contributed by atoms with E-state index in [1.165, 1.54) is 18.2 Å². The molecule has 2 atom stereocenters. The van der Waals surface area contributed by atoms with Gasteiger partial charge in [0.05, 0.1) is 0 Å². The van der Waals surface area contributed by atoms with Crippen LogP contribution in [0.15, 0.2) is 29.2 Å². The minimum atomic E-state index is -3.77. The van der Waals surface area contributed by atoms with Crippen LogP contribution in [-0.2, 0) is 10.0 Å². The maximum absolute atomic E-state index is 13.5. The molecule has 1 aliphatic rings. The SMILES string of the molecule is CC1CCCC(CNS(=O)(=O)c2ccccc2F)N1. The molecule has 0 aromatic heterocycles. The first-order valence-electron chi connectivity index (χ1n) is 6.49. The highest BCUT2D eigenvalue weighted by molar-refractivity contribution is 7.89. The van der Waals surface area contributed by atoms with Gasteiger partial charge in [-0.25, -0.2) is 17.5 Å². The van der Waals surface area contributed by atoms with Gasteiger partial charge in [-0.3, -0.25) is 0 Å². The van der Waals surface area contributed by atoms with Crippen LogP contribution in [0.2, 0.25) is 0 Å². The van der Waals surface area contributed by atoms with Crippen molar-refractivity contribution in [2.24, 2.45) is 0 Å². The van der Waals surface area contributed by atoms with Gasteiger partial charge in [0.15, 0.2) is 0 Å². The second-order valence-corrected chi connectivity index (χ2v) is 6.71. The molecule has 0 amide bonds. The van der Waals surface area contributed by atoms with E-state index in [1.54, 1.807) is 0 Å². The molecule has 19 heavy (non-hydrogen) atoms. The summed E-state index contributed by atoms with van der Waals surface area (Å²) in [4.78, 5) is -0.293. The first-order chi connectivity index (χ1) is 8.99. The van der Waals surface area contributed by atoms with Crippen LogP contribution in [0.4, 0.5) is 4.39 Å². The van der Waals surface area contributed by atoms with Crippen LogP contribution in [0, 0.1) is 5.82 Å². The van der Waals surface area contributed by atoms with Gasteiger partial charge in [0.25, 0.3) is 0 Å². The van der Waals surface area contributed by atoms with Gasteiger partial charge < -0.3 is 5.32 Å². The van der Waals surface area contributed by atoms with E-state index in [0.717, 1.165) is 25.3 Å². The summed E-state index contributed by atoms with van der Waals surface area (Å²) in [7, 11) is -3.77. The molecule has 1 aromatic carbocycles. The Bertz CT molecular complexity index is 533. The second kappa shape index (κ2) is 5.98. The van der Waals surface area contributed by atoms with E-state index < -0.39 is 15.8 Å². The van der Waals surface area contributed by atoms with E-state index in [1.807, 2.05) is 0 Å². The van der Waals surface area contributed by atoms with E-state index in [9.17, 15) is 12.8 Å². The monoisotopic (exact) mass is 286 g/mol. The minimum absolute atomic E-state index is 0.116. The fraction of sp³-hybridized carbons (Fsp3) is 0.538. The fourth-order valence-electron chi connectivity index (χ4n) is 2.35. The van der Waals surface area contributed by atoms with Gasteiger partial charge >= 0.3 is 0 Å². The van der Waals surface area contributed by atoms with Crippen LogP contribution >= 0.6 is 0 Å². The number of sulfonamides is 1. The molecule has 2 N–H and O–H groups in total. The Morgan fingerprint density at radius 2 is 2.11 bits per heavy atom. The van der Waals surface area contributed by atoms with Gasteiger partial charge in [-0.1, -0.05) is 18.6 Å². The van der Waals surface area contributed by atoms with E-state index in [-0.39, 0.29) is 10.9 Å². The van der Waals surface area contributed by atoms with Crippen LogP contribution < -0.4 is 10.0 Å². The highest BCUT2D eigenvalue weighted by Gasteiger charge is 2.22. The van der Waals surface area contributed by atoms with Crippen molar-refractivity contribution in [1.82, 2.24) is 10.0 Å². The summed E-state index contributed by atoms with van der Waals surface area (Å²) in [6.07, 6.45) is 3.13. The molecule has 1 aromatic rings. The smallest absolute Gasteiger partial charge is 0.243 e. The van der Waals surface area contributed by atoms with Crippen LogP contribution in [-0.4, -0.2) is 27.0 Å². The van der Waals surface area contributed by atoms with Crippen molar-refractivity contribution in [3.05, 3.63) is 30.1 Å². The lowest BCUT2D eigenvalue weighted by Gasteiger charge is -2.28. The minimum Gasteiger partial charge on any atom is -0.310 e. The van der Waals surface area contributed by atoms with E-state index in [0.29, 0.717) is 12.6 Å². The zero-order valence-corrected chi connectivity index (χ0v) is 11.7. The molecule has 1 heterocycles. The number of halogens is 1. The Hall–Kier alpha value is -0.980. The molecular weight excluding hydrogens is 267 g/mol. The summed E-state index contributed by atoms with van der Waals surface area (Å²) in [6, 6.07) is 5.92. The van der Waals surface area contributed by atoms with Gasteiger partial charge in [-0.05, 0) is 31.9 Å². The lowest BCUT2D eigenvalue weighted by molar-refractivity contribution is 0.334. The van der Waals surface area contributed by atoms with Crippen LogP contribution in [0.25, 0.3) is 0 Å². The van der Waals surface area contributed by atoms with Crippen molar-refractivity contribution in [1.29, 1.82) is 0 Å². The Balaban J connectivity index is 2.00. The van der Waals surface area contributed by atoms with Gasteiger partial charge in [0.1, 0.15) is 10.7 Å². The van der Waals surface area contributed by atoms with Crippen molar-refractivity contribution >= 4 is 10.0 Å². The van der Waals surface area contributed by atoms with Gasteiger partial charge in [0, 0.05) is 18.6 Å². The molecule has 0 radical (unpaired) electrons. The predicted octanol–water partition coefficient (Wildman–Crippen LogP) is 1.63. The summed E-state index contributed by atoms with van der Waals surface area (Å²) < 4.78 is 40.0. The number of piperidine rings is 1. The van der Waals surface area contributed by atoms with E-state index in [4.69, 9.17) is 0 Å². The Morgan fingerprint density at radius 3 is 2.79 bits per heavy atom. The molecule has 4 nitrogen and oxygen atoms in total. The molecule has 0 saturated carbocycles. The number of benzene rings is 1. The van der Waals surface area contributed by atoms with Crippen molar-refractivity contribution < 1.29 is 12.8 Å². The number of nitrogens with one attached hydrogen (secondary N) is 2. The molecule has 1 saturated heterocycles. The first kappa shape index (κ1) is 14.4. The molecule has 2 rings (SSSR count). The van der Waals surface area contributed by atoms with Crippen molar-refractivity contribution in [3.63, 3.8) is 0 Å². The Labute approximate surface area is 113 Å². The normalized spacial score (nSPS) is 24.3. The van der Waals surface area contributed by atoms with Crippen molar-refractivity contribution in [3.8, 4) is 0 Å². The fourth-order valence-corrected chi connectivity index (χ4v) is 3.51. The third-order valence-corrected chi connectivity index (χ3v) is 4.81. The summed E-state index contributed by atoms with van der Waals surface area (Å²) in [5.74, 6) is -0.722. The van der Waals surface area contributed by atoms with Gasteiger partial charge in [-0.15, -0.1) is 0 Å². The van der Waals surface area contributed by atoms with E-state index in [2.05, 4.69) is 17.0 Å². The topological polar surface area (TPSA) is 58.2 Å². The summed E-state index contributed by atoms with van der Waals surface area (Å²) in [5, 5.41) is 3.33. The molecule has 0 bridgehead atoms. The van der Waals surface area contributed by atoms with Gasteiger partial charge in [0.2, 0.25) is 10.0 Å². The maximum atomic E-state index is 13.5. The number of hydrogen-bond acceptors (Lipinski definition) is 3. The zero-order valence-electron chi connectivity index (χ0n) is 10.9. The first-order valence-corrected chi connectivity index (χ1v) is 7.97. The highest BCUT2D eigenvalue weighted by atomic mass is 32.2. The second-order valence-electron chi connectivity index (χ2n) is 4.98. The van der Waals surface area contributed by atoms with Crippen LogP contribution in [0.3, 0.4) is 0 Å². The Kier molecular flexibility index (Phi) is 4.54. The molecular formula is C13H19FN2O2S. The molecule has 1 fully saturated rings. The lowest BCUT2D eigenvalue weighted by atomic mass is 10.00. The average Bonchev–Trinajstić information content (AvgIpc) is 2.37. The van der Waals surface area contributed by atoms with Crippen LogP contribution in [0.5, 0.6) is 0 Å². The van der Waals surface area contributed by atoms with Gasteiger partial charge in [-0.2, -0.15) is 0 Å². The third kappa shape index (κ3) is 3.75. The zero-order chi connectivity index (χ0) is 13.9. The molecule has 0 spiro atoms. The molecule has 0 aliphatic carbocycles. The van der Waals surface area contributed by atoms with Crippen LogP contribution in [0.1, 0.15) is 26.2 Å². The third-order valence-electron chi connectivity index (χ3n) is 3.36. The Morgan fingerprint density at radius 1 is 1.37 bits per heavy atom. The summed E-state index contributed by atoms with van der Waals surface area (Å²) >= 11 is 0. The lowest BCUT2D eigenvalue weighted by Crippen LogP contribution is -2.47. The number of hydrogen-bond donors (Lipinski definition) is 2. The summed E-state index contributed by atoms with van der Waals surface area (Å²) in [6.45, 7) is 2.37. The molecule has 2 unspecified atom stereocenters.